The summed E-state index contributed by atoms with van der Waals surface area (Å²) in [4.78, 5) is 0. The third kappa shape index (κ3) is 7.44. The van der Waals surface area contributed by atoms with Gasteiger partial charge >= 0.3 is 11.4 Å². The van der Waals surface area contributed by atoms with Gasteiger partial charge in [0.15, 0.2) is 0 Å². The summed E-state index contributed by atoms with van der Waals surface area (Å²) in [6, 6.07) is 0. The molecule has 0 aromatic carbocycles. The summed E-state index contributed by atoms with van der Waals surface area (Å²) in [5, 5.41) is 9.62. The van der Waals surface area contributed by atoms with E-state index in [1.54, 1.807) is 6.92 Å². The van der Waals surface area contributed by atoms with Crippen LogP contribution in [0.25, 0.3) is 0 Å². The number of rotatable bonds is 7. The summed E-state index contributed by atoms with van der Waals surface area (Å²) in [6.45, 7) is 6.10. The fraction of sp³-hybridized carbons (Fsp3) is 1.00. The molecule has 0 aromatic heterocycles. The van der Waals surface area contributed by atoms with Gasteiger partial charge in [-0.3, -0.25) is 8.74 Å². The van der Waals surface area contributed by atoms with Gasteiger partial charge in [-0.15, -0.1) is 0 Å². The second-order valence-corrected chi connectivity index (χ2v) is 4.69. The molecule has 3 unspecified atom stereocenters. The minimum absolute atomic E-state index is 0.107. The minimum atomic E-state index is -2.23. The smallest absolute Gasteiger partial charge is 0.301 e. The number of aliphatic hydroxyl groups excluding tert-OH is 1. The van der Waals surface area contributed by atoms with Gasteiger partial charge < -0.3 is 5.11 Å². The van der Waals surface area contributed by atoms with Crippen molar-refractivity contribution in [2.75, 3.05) is 6.61 Å². The second-order valence-electron chi connectivity index (χ2n) is 4.02. The molecule has 0 bridgehead atoms. The molecule has 0 fully saturated rings. The zero-order valence-corrected chi connectivity index (χ0v) is 9.79. The van der Waals surface area contributed by atoms with Gasteiger partial charge in [-0.25, -0.2) is 0 Å². The molecule has 0 aromatic rings. The van der Waals surface area contributed by atoms with E-state index in [1.165, 1.54) is 0 Å². The predicted molar refractivity (Wildman–Crippen MR) is 56.0 cm³/mol. The average molecular weight is 224 g/mol. The van der Waals surface area contributed by atoms with Crippen molar-refractivity contribution < 1.29 is 18.1 Å². The molecule has 0 saturated carbocycles. The molecule has 14 heavy (non-hydrogen) atoms. The molecular formula is C9H20O4S. The molecule has 0 spiro atoms. The minimum Gasteiger partial charge on any atom is -0.393 e. The molecule has 0 heterocycles. The summed E-state index contributed by atoms with van der Waals surface area (Å²) < 4.78 is 23.1. The molecule has 3 atom stereocenters. The number of aliphatic hydroxyl groups is 1. The Balaban J connectivity index is 3.64. The molecule has 5 heteroatoms. The molecule has 0 saturated heterocycles. The first-order valence-electron chi connectivity index (χ1n) is 4.85. The number of hydrogen-bond donors (Lipinski definition) is 2. The van der Waals surface area contributed by atoms with Gasteiger partial charge in [0.1, 0.15) is 0 Å². The Morgan fingerprint density at radius 2 is 1.86 bits per heavy atom. The molecule has 0 rings (SSSR count). The first-order valence-corrected chi connectivity index (χ1v) is 5.88. The third-order valence-corrected chi connectivity index (χ3v) is 2.47. The second kappa shape index (κ2) is 7.34. The maximum absolute atomic E-state index is 10.2. The Labute approximate surface area is 88.2 Å². The van der Waals surface area contributed by atoms with Gasteiger partial charge in [-0.05, 0) is 18.8 Å². The fourth-order valence-corrected chi connectivity index (χ4v) is 1.40. The first kappa shape index (κ1) is 14.0. The van der Waals surface area contributed by atoms with Crippen LogP contribution in [0, 0.1) is 11.8 Å². The van der Waals surface area contributed by atoms with Crippen LogP contribution in [-0.2, 0) is 15.5 Å². The highest BCUT2D eigenvalue weighted by atomic mass is 32.2. The van der Waals surface area contributed by atoms with E-state index in [0.29, 0.717) is 12.3 Å². The van der Waals surface area contributed by atoms with E-state index in [2.05, 4.69) is 18.0 Å². The highest BCUT2D eigenvalue weighted by Gasteiger charge is 2.15. The molecular weight excluding hydrogens is 204 g/mol. The lowest BCUT2D eigenvalue weighted by atomic mass is 9.97. The van der Waals surface area contributed by atoms with Gasteiger partial charge in [0.2, 0.25) is 0 Å². The van der Waals surface area contributed by atoms with Crippen molar-refractivity contribution >= 4 is 11.4 Å². The van der Waals surface area contributed by atoms with E-state index >= 15 is 0 Å². The monoisotopic (exact) mass is 224 g/mol. The normalized spacial score (nSPS) is 18.1. The van der Waals surface area contributed by atoms with Crippen molar-refractivity contribution in [2.24, 2.45) is 11.8 Å². The SMILES string of the molecule is CC(C)CCC(O)C(C)COS(=O)O. The van der Waals surface area contributed by atoms with Gasteiger partial charge in [-0.1, -0.05) is 20.8 Å². The molecule has 0 aliphatic heterocycles. The van der Waals surface area contributed by atoms with Crippen LogP contribution in [0.3, 0.4) is 0 Å². The maximum atomic E-state index is 10.2. The zero-order chi connectivity index (χ0) is 11.1. The summed E-state index contributed by atoms with van der Waals surface area (Å²) in [5.74, 6) is 0.453. The van der Waals surface area contributed by atoms with Crippen molar-refractivity contribution in [3.8, 4) is 0 Å². The fourth-order valence-electron chi connectivity index (χ4n) is 1.07. The van der Waals surface area contributed by atoms with Gasteiger partial charge in [0.05, 0.1) is 12.7 Å². The number of hydrogen-bond acceptors (Lipinski definition) is 3. The molecule has 86 valence electrons. The van der Waals surface area contributed by atoms with Gasteiger partial charge in [0, 0.05) is 5.92 Å². The summed E-state index contributed by atoms with van der Waals surface area (Å²) in [6.07, 6.45) is 1.20. The van der Waals surface area contributed by atoms with Crippen LogP contribution >= 0.6 is 0 Å². The molecule has 0 aliphatic carbocycles. The van der Waals surface area contributed by atoms with E-state index in [4.69, 9.17) is 4.55 Å². The summed E-state index contributed by atoms with van der Waals surface area (Å²) in [5.41, 5.74) is 0. The van der Waals surface area contributed by atoms with Crippen LogP contribution in [0.5, 0.6) is 0 Å². The first-order chi connectivity index (χ1) is 6.43. The molecule has 0 amide bonds. The van der Waals surface area contributed by atoms with Crippen molar-refractivity contribution in [1.82, 2.24) is 0 Å². The Bertz CT molecular complexity index is 172. The van der Waals surface area contributed by atoms with Crippen LogP contribution in [0.2, 0.25) is 0 Å². The predicted octanol–water partition coefficient (Wildman–Crippen LogP) is 1.57. The standard InChI is InChI=1S/C9H20O4S/c1-7(2)4-5-9(10)8(3)6-13-14(11)12/h7-10H,4-6H2,1-3H3,(H,11,12). The van der Waals surface area contributed by atoms with E-state index in [0.717, 1.165) is 6.42 Å². The molecule has 4 nitrogen and oxygen atoms in total. The van der Waals surface area contributed by atoms with Crippen molar-refractivity contribution in [2.45, 2.75) is 39.7 Å². The largest absolute Gasteiger partial charge is 0.393 e. The van der Waals surface area contributed by atoms with E-state index in [-0.39, 0.29) is 12.5 Å². The average Bonchev–Trinajstić information content (AvgIpc) is 2.09. The topological polar surface area (TPSA) is 66.8 Å². The third-order valence-electron chi connectivity index (χ3n) is 2.13. The van der Waals surface area contributed by atoms with Crippen molar-refractivity contribution in [3.05, 3.63) is 0 Å². The molecule has 2 N–H and O–H groups in total. The van der Waals surface area contributed by atoms with Crippen LogP contribution in [0.15, 0.2) is 0 Å². The highest BCUT2D eigenvalue weighted by Crippen LogP contribution is 2.13. The van der Waals surface area contributed by atoms with Crippen molar-refractivity contribution in [3.63, 3.8) is 0 Å². The molecule has 0 radical (unpaired) electrons. The Kier molecular flexibility index (Phi) is 7.35. The lowest BCUT2D eigenvalue weighted by Crippen LogP contribution is -2.23. The zero-order valence-electron chi connectivity index (χ0n) is 8.97. The van der Waals surface area contributed by atoms with Crippen molar-refractivity contribution in [1.29, 1.82) is 0 Å². The Hall–Kier alpha value is 0.0300. The summed E-state index contributed by atoms with van der Waals surface area (Å²) in [7, 11) is 0. The van der Waals surface area contributed by atoms with E-state index in [9.17, 15) is 9.32 Å². The van der Waals surface area contributed by atoms with Crippen LogP contribution < -0.4 is 0 Å². The lowest BCUT2D eigenvalue weighted by Gasteiger charge is -2.18. The Morgan fingerprint density at radius 3 is 2.29 bits per heavy atom. The van der Waals surface area contributed by atoms with E-state index < -0.39 is 17.5 Å². The lowest BCUT2D eigenvalue weighted by molar-refractivity contribution is 0.0741. The highest BCUT2D eigenvalue weighted by molar-refractivity contribution is 7.74. The van der Waals surface area contributed by atoms with Gasteiger partial charge in [-0.2, -0.15) is 4.21 Å². The Morgan fingerprint density at radius 1 is 1.29 bits per heavy atom. The van der Waals surface area contributed by atoms with E-state index in [1.807, 2.05) is 0 Å². The van der Waals surface area contributed by atoms with Crippen LogP contribution in [0.1, 0.15) is 33.6 Å². The summed E-state index contributed by atoms with van der Waals surface area (Å²) >= 11 is -2.23. The van der Waals surface area contributed by atoms with Gasteiger partial charge in [0.25, 0.3) is 0 Å². The molecule has 0 aliphatic rings. The van der Waals surface area contributed by atoms with Crippen LogP contribution in [-0.4, -0.2) is 26.6 Å². The maximum Gasteiger partial charge on any atom is 0.301 e. The van der Waals surface area contributed by atoms with Crippen LogP contribution in [0.4, 0.5) is 0 Å². The quantitative estimate of drug-likeness (QED) is 0.644.